The maximum absolute atomic E-state index is 12.8. The van der Waals surface area contributed by atoms with Crippen molar-refractivity contribution in [3.05, 3.63) is 78.3 Å². The van der Waals surface area contributed by atoms with Crippen LogP contribution in [0.5, 0.6) is 0 Å². The molecule has 0 spiro atoms. The first-order valence-electron chi connectivity index (χ1n) is 9.17. The zero-order chi connectivity index (χ0) is 20.6. The van der Waals surface area contributed by atoms with Crippen LogP contribution in [0.25, 0.3) is 11.1 Å². The van der Waals surface area contributed by atoms with E-state index in [-0.39, 0.29) is 23.7 Å². The highest BCUT2D eigenvalue weighted by Gasteiger charge is 2.43. The number of furan rings is 1. The van der Waals surface area contributed by atoms with Crippen LogP contribution in [0, 0.1) is 6.92 Å². The molecular formula is C21H21NO5S2. The average Bonchev–Trinajstić information content (AvgIpc) is 3.13. The van der Waals surface area contributed by atoms with Gasteiger partial charge in [-0.25, -0.2) is 16.8 Å². The Hall–Kier alpha value is -2.42. The number of benzene rings is 2. The minimum Gasteiger partial charge on any atom is -0.468 e. The molecule has 0 amide bonds. The molecule has 0 radical (unpaired) electrons. The molecule has 4 rings (SSSR count). The lowest BCUT2D eigenvalue weighted by atomic mass is 10.0. The van der Waals surface area contributed by atoms with Crippen LogP contribution in [-0.2, 0) is 25.6 Å². The lowest BCUT2D eigenvalue weighted by Gasteiger charge is -2.37. The smallest absolute Gasteiger partial charge is 0.243 e. The van der Waals surface area contributed by atoms with Crippen molar-refractivity contribution in [3.8, 4) is 11.1 Å². The van der Waals surface area contributed by atoms with E-state index in [0.717, 1.165) is 16.7 Å². The zero-order valence-corrected chi connectivity index (χ0v) is 17.5. The van der Waals surface area contributed by atoms with Gasteiger partial charge in [-0.2, -0.15) is 4.31 Å². The van der Waals surface area contributed by atoms with Crippen LogP contribution in [0.1, 0.15) is 11.3 Å². The van der Waals surface area contributed by atoms with E-state index in [1.807, 2.05) is 31.2 Å². The molecule has 1 aliphatic heterocycles. The van der Waals surface area contributed by atoms with Crippen LogP contribution in [0.3, 0.4) is 0 Å². The van der Waals surface area contributed by atoms with Gasteiger partial charge in [0.15, 0.2) is 9.84 Å². The van der Waals surface area contributed by atoms with Gasteiger partial charge < -0.3 is 4.42 Å². The van der Waals surface area contributed by atoms with E-state index >= 15 is 0 Å². The fourth-order valence-corrected chi connectivity index (χ4v) is 6.58. The van der Waals surface area contributed by atoms with Gasteiger partial charge in [0.25, 0.3) is 0 Å². The van der Waals surface area contributed by atoms with Gasteiger partial charge in [0.1, 0.15) is 11.5 Å². The van der Waals surface area contributed by atoms with Gasteiger partial charge in [-0.05, 0) is 42.3 Å². The number of sulfone groups is 1. The lowest BCUT2D eigenvalue weighted by Crippen LogP contribution is -2.56. The highest BCUT2D eigenvalue weighted by molar-refractivity contribution is 7.92. The molecule has 1 aromatic heterocycles. The van der Waals surface area contributed by atoms with Gasteiger partial charge in [0.05, 0.1) is 16.4 Å². The fourth-order valence-electron chi connectivity index (χ4n) is 3.25. The molecule has 6 nitrogen and oxygen atoms in total. The Morgan fingerprint density at radius 1 is 0.897 bits per heavy atom. The van der Waals surface area contributed by atoms with Gasteiger partial charge in [-0.3, -0.25) is 0 Å². The summed E-state index contributed by atoms with van der Waals surface area (Å²) >= 11 is 0. The molecule has 0 saturated carbocycles. The maximum Gasteiger partial charge on any atom is 0.243 e. The van der Waals surface area contributed by atoms with Crippen molar-refractivity contribution in [2.24, 2.45) is 0 Å². The molecule has 1 fully saturated rings. The van der Waals surface area contributed by atoms with Crippen LogP contribution in [0.4, 0.5) is 0 Å². The number of aryl methyl sites for hydroxylation is 1. The first kappa shape index (κ1) is 19.9. The third-order valence-corrected chi connectivity index (χ3v) is 8.97. The monoisotopic (exact) mass is 431 g/mol. The quantitative estimate of drug-likeness (QED) is 0.598. The summed E-state index contributed by atoms with van der Waals surface area (Å²) in [6.45, 7) is 1.94. The van der Waals surface area contributed by atoms with Crippen molar-refractivity contribution in [3.63, 3.8) is 0 Å². The molecule has 1 saturated heterocycles. The third-order valence-electron chi connectivity index (χ3n) is 5.12. The number of hydrogen-bond donors (Lipinski definition) is 0. The van der Waals surface area contributed by atoms with Gasteiger partial charge in [-0.15, -0.1) is 0 Å². The minimum atomic E-state index is -3.72. The summed E-state index contributed by atoms with van der Waals surface area (Å²) < 4.78 is 56.8. The number of rotatable bonds is 6. The van der Waals surface area contributed by atoms with Crippen molar-refractivity contribution < 1.29 is 21.3 Å². The summed E-state index contributed by atoms with van der Waals surface area (Å²) in [7, 11) is -7.19. The Labute approximate surface area is 170 Å². The van der Waals surface area contributed by atoms with E-state index in [4.69, 9.17) is 4.42 Å². The molecule has 0 aliphatic carbocycles. The van der Waals surface area contributed by atoms with E-state index in [9.17, 15) is 16.8 Å². The Balaban J connectivity index is 1.45. The summed E-state index contributed by atoms with van der Waals surface area (Å²) in [4.78, 5) is 0.162. The highest BCUT2D eigenvalue weighted by Crippen LogP contribution is 2.28. The summed E-state index contributed by atoms with van der Waals surface area (Å²) in [6.07, 6.45) is 1.42. The SMILES string of the molecule is Cc1ccc(-c2ccc(S(=O)(=O)N3CC(S(=O)(=O)Cc4ccco4)C3)cc2)cc1. The standard InChI is InChI=1S/C21H21NO5S2/c1-16-4-6-17(7-5-16)18-8-10-20(11-9-18)29(25,26)22-13-21(14-22)28(23,24)15-19-3-2-12-27-19/h2-12,21H,13-15H2,1H3. The second-order valence-corrected chi connectivity index (χ2v) is 11.4. The second kappa shape index (κ2) is 7.44. The minimum absolute atomic E-state index is 0.0366. The molecule has 0 unspecified atom stereocenters. The molecule has 3 aromatic rings. The van der Waals surface area contributed by atoms with Crippen LogP contribution < -0.4 is 0 Å². The van der Waals surface area contributed by atoms with Gasteiger partial charge in [0, 0.05) is 13.1 Å². The van der Waals surface area contributed by atoms with Crippen LogP contribution in [0.2, 0.25) is 0 Å². The second-order valence-electron chi connectivity index (χ2n) is 7.22. The van der Waals surface area contributed by atoms with E-state index in [1.54, 1.807) is 36.4 Å². The molecule has 0 N–H and O–H groups in total. The normalized spacial score (nSPS) is 15.9. The maximum atomic E-state index is 12.8. The molecule has 1 aliphatic rings. The van der Waals surface area contributed by atoms with Crippen molar-refractivity contribution in [1.82, 2.24) is 4.31 Å². The number of sulfonamides is 1. The van der Waals surface area contributed by atoms with E-state index in [1.165, 1.54) is 10.6 Å². The van der Waals surface area contributed by atoms with Crippen LogP contribution >= 0.6 is 0 Å². The lowest BCUT2D eigenvalue weighted by molar-refractivity contribution is 0.309. The molecule has 0 bridgehead atoms. The fraction of sp³-hybridized carbons (Fsp3) is 0.238. The predicted octanol–water partition coefficient (Wildman–Crippen LogP) is 3.24. The number of hydrogen-bond acceptors (Lipinski definition) is 5. The zero-order valence-electron chi connectivity index (χ0n) is 15.9. The largest absolute Gasteiger partial charge is 0.468 e. The molecular weight excluding hydrogens is 410 g/mol. The van der Waals surface area contributed by atoms with E-state index in [0.29, 0.717) is 5.76 Å². The van der Waals surface area contributed by atoms with Crippen molar-refractivity contribution in [2.75, 3.05) is 13.1 Å². The molecule has 2 aromatic carbocycles. The van der Waals surface area contributed by atoms with Crippen LogP contribution in [-0.4, -0.2) is 39.5 Å². The van der Waals surface area contributed by atoms with Gasteiger partial charge in [0.2, 0.25) is 10.0 Å². The molecule has 8 heteroatoms. The summed E-state index contributed by atoms with van der Waals surface area (Å²) in [5.41, 5.74) is 3.08. The molecule has 152 valence electrons. The Kier molecular flexibility index (Phi) is 5.10. The highest BCUT2D eigenvalue weighted by atomic mass is 32.2. The Bertz CT molecular complexity index is 1190. The van der Waals surface area contributed by atoms with Gasteiger partial charge in [-0.1, -0.05) is 42.0 Å². The van der Waals surface area contributed by atoms with E-state index < -0.39 is 25.1 Å². The third kappa shape index (κ3) is 4.01. The summed E-state index contributed by atoms with van der Waals surface area (Å²) in [5, 5.41) is -0.714. The van der Waals surface area contributed by atoms with Gasteiger partial charge >= 0.3 is 0 Å². The van der Waals surface area contributed by atoms with E-state index in [2.05, 4.69) is 0 Å². The summed E-state index contributed by atoms with van der Waals surface area (Å²) in [5.74, 6) is 0.141. The molecule has 2 heterocycles. The number of nitrogens with zero attached hydrogens (tertiary/aromatic N) is 1. The first-order valence-corrected chi connectivity index (χ1v) is 12.3. The average molecular weight is 432 g/mol. The molecule has 29 heavy (non-hydrogen) atoms. The van der Waals surface area contributed by atoms with Crippen molar-refractivity contribution in [1.29, 1.82) is 0 Å². The topological polar surface area (TPSA) is 84.7 Å². The Morgan fingerprint density at radius 2 is 1.48 bits per heavy atom. The van der Waals surface area contributed by atoms with Crippen molar-refractivity contribution >= 4 is 19.9 Å². The summed E-state index contributed by atoms with van der Waals surface area (Å²) in [6, 6.07) is 17.9. The predicted molar refractivity (Wildman–Crippen MR) is 110 cm³/mol. The molecule has 0 atom stereocenters. The Morgan fingerprint density at radius 3 is 2.03 bits per heavy atom. The van der Waals surface area contributed by atoms with Crippen LogP contribution in [0.15, 0.2) is 76.2 Å². The van der Waals surface area contributed by atoms with Crippen molar-refractivity contribution in [2.45, 2.75) is 22.8 Å². The first-order chi connectivity index (χ1) is 13.8.